The van der Waals surface area contributed by atoms with E-state index in [1.807, 2.05) is 0 Å². The summed E-state index contributed by atoms with van der Waals surface area (Å²) in [5.74, 6) is -0.416. The molecule has 2 heterocycles. The fourth-order valence-electron chi connectivity index (χ4n) is 2.20. The molecular weight excluding hydrogens is 372 g/mol. The first-order valence-electron chi connectivity index (χ1n) is 6.77. The third-order valence-corrected chi connectivity index (χ3v) is 5.68. The van der Waals surface area contributed by atoms with Gasteiger partial charge in [-0.05, 0) is 30.4 Å². The number of fused-ring (bicyclic) bond motifs is 1. The number of benzene rings is 1. The molecule has 3 rings (SSSR count). The molecule has 24 heavy (non-hydrogen) atoms. The lowest BCUT2D eigenvalue weighted by Gasteiger charge is -2.21. The van der Waals surface area contributed by atoms with E-state index in [-0.39, 0.29) is 16.2 Å². The van der Waals surface area contributed by atoms with Gasteiger partial charge in [0, 0.05) is 24.5 Å². The highest BCUT2D eigenvalue weighted by Crippen LogP contribution is 2.34. The highest BCUT2D eigenvalue weighted by atomic mass is 35.5. The number of allylic oxidation sites excluding steroid dienone is 2. The molecule has 0 aromatic heterocycles. The van der Waals surface area contributed by atoms with Crippen molar-refractivity contribution in [3.8, 4) is 0 Å². The Morgan fingerprint density at radius 1 is 1.38 bits per heavy atom. The van der Waals surface area contributed by atoms with E-state index >= 15 is 0 Å². The predicted molar refractivity (Wildman–Crippen MR) is 95.3 cm³/mol. The topological polar surface area (TPSA) is 90.5 Å². The quantitative estimate of drug-likeness (QED) is 0.689. The summed E-state index contributed by atoms with van der Waals surface area (Å²) in [6.45, 7) is 0. The molecule has 2 aliphatic heterocycles. The number of carbonyl (C=O) groups excluding carboxylic acids is 1. The van der Waals surface area contributed by atoms with E-state index in [0.717, 1.165) is 0 Å². The van der Waals surface area contributed by atoms with Gasteiger partial charge >= 0.3 is 0 Å². The standard InChI is InChI=1S/C14H13ClN4O3S2/c1-16-14(20)10-5-4-9(15)7-11(10)18-24(21,22)13-3-2-6-19-12(13)8-17-23-19/h2-8,17-18H,1H3,(H,16,20). The second-order valence-corrected chi connectivity index (χ2v) is 7.71. The van der Waals surface area contributed by atoms with Crippen LogP contribution in [0.1, 0.15) is 10.4 Å². The van der Waals surface area contributed by atoms with Crippen LogP contribution in [-0.2, 0) is 10.0 Å². The Hall–Kier alpha value is -2.10. The van der Waals surface area contributed by atoms with Gasteiger partial charge in [0.05, 0.1) is 29.1 Å². The summed E-state index contributed by atoms with van der Waals surface area (Å²) < 4.78 is 32.6. The van der Waals surface area contributed by atoms with Crippen molar-refractivity contribution in [2.24, 2.45) is 0 Å². The number of anilines is 1. The number of nitrogens with one attached hydrogen (secondary N) is 3. The van der Waals surface area contributed by atoms with E-state index < -0.39 is 15.9 Å². The zero-order chi connectivity index (χ0) is 17.3. The van der Waals surface area contributed by atoms with Crippen LogP contribution in [0.25, 0.3) is 0 Å². The molecule has 1 aromatic rings. The maximum atomic E-state index is 12.8. The number of nitrogens with zero attached hydrogens (tertiary/aromatic N) is 1. The van der Waals surface area contributed by atoms with Crippen molar-refractivity contribution in [1.82, 2.24) is 14.3 Å². The maximum absolute atomic E-state index is 12.8. The lowest BCUT2D eigenvalue weighted by Crippen LogP contribution is -2.24. The van der Waals surface area contributed by atoms with E-state index in [2.05, 4.69) is 14.8 Å². The smallest absolute Gasteiger partial charge is 0.264 e. The molecule has 126 valence electrons. The summed E-state index contributed by atoms with van der Waals surface area (Å²) in [5, 5.41) is 2.78. The van der Waals surface area contributed by atoms with Gasteiger partial charge in [-0.3, -0.25) is 13.8 Å². The lowest BCUT2D eigenvalue weighted by atomic mass is 10.2. The number of hydrogen-bond acceptors (Lipinski definition) is 6. The van der Waals surface area contributed by atoms with Gasteiger partial charge < -0.3 is 10.0 Å². The number of rotatable bonds is 4. The highest BCUT2D eigenvalue weighted by Gasteiger charge is 2.30. The first kappa shape index (κ1) is 16.7. The Morgan fingerprint density at radius 2 is 2.17 bits per heavy atom. The molecule has 1 amide bonds. The molecule has 0 atom stereocenters. The van der Waals surface area contributed by atoms with Crippen molar-refractivity contribution in [2.45, 2.75) is 0 Å². The second-order valence-electron chi connectivity index (χ2n) is 4.81. The van der Waals surface area contributed by atoms with Crippen molar-refractivity contribution < 1.29 is 13.2 Å². The summed E-state index contributed by atoms with van der Waals surface area (Å²) in [6, 6.07) is 4.39. The molecular formula is C14H13ClN4O3S2. The van der Waals surface area contributed by atoms with Crippen LogP contribution >= 0.6 is 23.7 Å². The van der Waals surface area contributed by atoms with Crippen LogP contribution in [0.3, 0.4) is 0 Å². The molecule has 3 N–H and O–H groups in total. The van der Waals surface area contributed by atoms with Gasteiger partial charge in [-0.15, -0.1) is 0 Å². The predicted octanol–water partition coefficient (Wildman–Crippen LogP) is 2.16. The van der Waals surface area contributed by atoms with E-state index in [0.29, 0.717) is 10.7 Å². The highest BCUT2D eigenvalue weighted by molar-refractivity contribution is 7.97. The average Bonchev–Trinajstić information content (AvgIpc) is 3.02. The molecule has 0 fully saturated rings. The summed E-state index contributed by atoms with van der Waals surface area (Å²) in [7, 11) is -2.45. The molecule has 0 unspecified atom stereocenters. The normalized spacial score (nSPS) is 16.0. The number of sulfonamides is 1. The third-order valence-electron chi connectivity index (χ3n) is 3.29. The molecule has 10 heteroatoms. The molecule has 0 radical (unpaired) electrons. The van der Waals surface area contributed by atoms with Crippen LogP contribution in [0.5, 0.6) is 0 Å². The zero-order valence-electron chi connectivity index (χ0n) is 12.4. The number of amides is 1. The van der Waals surface area contributed by atoms with Gasteiger partial charge in [0.1, 0.15) is 4.91 Å². The van der Waals surface area contributed by atoms with Gasteiger partial charge in [-0.1, -0.05) is 11.6 Å². The van der Waals surface area contributed by atoms with Crippen LogP contribution in [0.2, 0.25) is 5.02 Å². The average molecular weight is 385 g/mol. The van der Waals surface area contributed by atoms with Gasteiger partial charge in [0.25, 0.3) is 15.9 Å². The Morgan fingerprint density at radius 3 is 2.92 bits per heavy atom. The van der Waals surface area contributed by atoms with E-state index in [4.69, 9.17) is 11.6 Å². The first-order valence-corrected chi connectivity index (χ1v) is 9.41. The molecule has 0 saturated carbocycles. The van der Waals surface area contributed by atoms with Gasteiger partial charge in [-0.25, -0.2) is 8.42 Å². The molecule has 7 nitrogen and oxygen atoms in total. The minimum Gasteiger partial charge on any atom is -0.355 e. The molecule has 0 saturated heterocycles. The van der Waals surface area contributed by atoms with Crippen molar-refractivity contribution in [3.05, 3.63) is 63.9 Å². The van der Waals surface area contributed by atoms with Crippen molar-refractivity contribution in [1.29, 1.82) is 0 Å². The van der Waals surface area contributed by atoms with Gasteiger partial charge in [-0.2, -0.15) is 0 Å². The van der Waals surface area contributed by atoms with E-state index in [9.17, 15) is 13.2 Å². The van der Waals surface area contributed by atoms with Gasteiger partial charge in [0.15, 0.2) is 0 Å². The third kappa shape index (κ3) is 3.10. The van der Waals surface area contributed by atoms with Crippen molar-refractivity contribution >= 4 is 45.4 Å². The fourth-order valence-corrected chi connectivity index (χ4v) is 4.34. The number of halogens is 1. The van der Waals surface area contributed by atoms with Crippen LogP contribution in [-0.4, -0.2) is 25.7 Å². The first-order chi connectivity index (χ1) is 11.4. The fraction of sp³-hybridized carbons (Fsp3) is 0.0714. The van der Waals surface area contributed by atoms with Gasteiger partial charge in [0.2, 0.25) is 0 Å². The minimum atomic E-state index is -3.91. The molecule has 2 aliphatic rings. The minimum absolute atomic E-state index is 0.0883. The summed E-state index contributed by atoms with van der Waals surface area (Å²) in [4.78, 5) is 12.0. The zero-order valence-corrected chi connectivity index (χ0v) is 14.8. The maximum Gasteiger partial charge on any atom is 0.264 e. The largest absolute Gasteiger partial charge is 0.355 e. The van der Waals surface area contributed by atoms with Crippen LogP contribution in [0, 0.1) is 0 Å². The SMILES string of the molecule is CNC(=O)c1ccc(Cl)cc1NS(=O)(=O)C1=CC=CN2SNC=C12. The van der Waals surface area contributed by atoms with Crippen molar-refractivity contribution in [2.75, 3.05) is 11.8 Å². The molecule has 0 aliphatic carbocycles. The number of carbonyl (C=O) groups is 1. The number of hydrogen-bond donors (Lipinski definition) is 3. The van der Waals surface area contributed by atoms with Crippen LogP contribution < -0.4 is 14.8 Å². The van der Waals surface area contributed by atoms with E-state index in [1.165, 1.54) is 43.5 Å². The summed E-state index contributed by atoms with van der Waals surface area (Å²) in [6.07, 6.45) is 6.45. The Labute approximate surface area is 148 Å². The monoisotopic (exact) mass is 384 g/mol. The van der Waals surface area contributed by atoms with Crippen LogP contribution in [0.15, 0.2) is 53.4 Å². The molecule has 0 spiro atoms. The van der Waals surface area contributed by atoms with E-state index in [1.54, 1.807) is 22.8 Å². The Bertz CT molecular complexity index is 893. The lowest BCUT2D eigenvalue weighted by molar-refractivity contribution is 0.0964. The Kier molecular flexibility index (Phi) is 4.48. The van der Waals surface area contributed by atoms with Crippen molar-refractivity contribution in [3.63, 3.8) is 0 Å². The van der Waals surface area contributed by atoms with Crippen LogP contribution in [0.4, 0.5) is 5.69 Å². The summed E-state index contributed by atoms with van der Waals surface area (Å²) in [5.41, 5.74) is 0.795. The molecule has 1 aromatic carbocycles. The Balaban J connectivity index is 1.99. The summed E-state index contributed by atoms with van der Waals surface area (Å²) >= 11 is 7.20. The second kappa shape index (κ2) is 6.42. The molecule has 0 bridgehead atoms.